The van der Waals surface area contributed by atoms with Crippen molar-refractivity contribution in [3.8, 4) is 5.75 Å². The van der Waals surface area contributed by atoms with Crippen molar-refractivity contribution in [3.05, 3.63) is 29.8 Å². The molecule has 2 heterocycles. The van der Waals surface area contributed by atoms with E-state index in [4.69, 9.17) is 9.47 Å². The second kappa shape index (κ2) is 9.41. The lowest BCUT2D eigenvalue weighted by Crippen LogP contribution is -2.44. The number of rotatable bonds is 8. The highest BCUT2D eigenvalue weighted by Crippen LogP contribution is 2.39. The van der Waals surface area contributed by atoms with E-state index >= 15 is 0 Å². The van der Waals surface area contributed by atoms with Crippen LogP contribution in [-0.4, -0.2) is 49.1 Å². The van der Waals surface area contributed by atoms with Gasteiger partial charge in [-0.1, -0.05) is 25.5 Å². The van der Waals surface area contributed by atoms with Crippen LogP contribution in [0.25, 0.3) is 0 Å². The molecule has 1 aromatic rings. The average Bonchev–Trinajstić information content (AvgIpc) is 3.35. The van der Waals surface area contributed by atoms with Gasteiger partial charge in [-0.05, 0) is 43.9 Å². The molecule has 1 aromatic carbocycles. The maximum atomic E-state index is 13.1. The van der Waals surface area contributed by atoms with Crippen LogP contribution in [0.15, 0.2) is 24.3 Å². The SMILES string of the molecule is CCCCN1C(=O)CC(C(=O)NC(C)C2CCCO2)C1c1ccc(OC)cc1. The van der Waals surface area contributed by atoms with Gasteiger partial charge in [0.1, 0.15) is 5.75 Å². The minimum Gasteiger partial charge on any atom is -0.497 e. The molecule has 2 fully saturated rings. The number of benzene rings is 1. The lowest BCUT2D eigenvalue weighted by atomic mass is 9.92. The molecule has 6 nitrogen and oxygen atoms in total. The lowest BCUT2D eigenvalue weighted by molar-refractivity contribution is -0.129. The third-order valence-corrected chi connectivity index (χ3v) is 5.87. The van der Waals surface area contributed by atoms with E-state index in [1.54, 1.807) is 7.11 Å². The fourth-order valence-corrected chi connectivity index (χ4v) is 4.25. The van der Waals surface area contributed by atoms with Crippen molar-refractivity contribution in [1.29, 1.82) is 0 Å². The first kappa shape index (κ1) is 20.6. The van der Waals surface area contributed by atoms with Gasteiger partial charge in [0.15, 0.2) is 0 Å². The Bertz CT molecular complexity index is 670. The zero-order valence-corrected chi connectivity index (χ0v) is 17.1. The number of likely N-dealkylation sites (tertiary alicyclic amines) is 1. The maximum absolute atomic E-state index is 13.1. The van der Waals surface area contributed by atoms with E-state index in [9.17, 15) is 9.59 Å². The zero-order valence-electron chi connectivity index (χ0n) is 17.1. The van der Waals surface area contributed by atoms with Crippen molar-refractivity contribution in [2.45, 2.75) is 64.1 Å². The molecule has 0 bridgehead atoms. The van der Waals surface area contributed by atoms with Crippen LogP contribution >= 0.6 is 0 Å². The summed E-state index contributed by atoms with van der Waals surface area (Å²) < 4.78 is 11.0. The van der Waals surface area contributed by atoms with Crippen molar-refractivity contribution in [1.82, 2.24) is 10.2 Å². The van der Waals surface area contributed by atoms with Crippen LogP contribution in [0.4, 0.5) is 0 Å². The van der Waals surface area contributed by atoms with Gasteiger partial charge in [0, 0.05) is 19.6 Å². The summed E-state index contributed by atoms with van der Waals surface area (Å²) >= 11 is 0. The number of carbonyl (C=O) groups excluding carboxylic acids is 2. The molecule has 154 valence electrons. The Kier molecular flexibility index (Phi) is 6.94. The highest BCUT2D eigenvalue weighted by atomic mass is 16.5. The first-order valence-electron chi connectivity index (χ1n) is 10.4. The van der Waals surface area contributed by atoms with Gasteiger partial charge in [0.05, 0.1) is 31.2 Å². The van der Waals surface area contributed by atoms with Crippen LogP contribution < -0.4 is 10.1 Å². The molecular weight excluding hydrogens is 356 g/mol. The Hall–Kier alpha value is -2.08. The molecule has 3 rings (SSSR count). The number of amides is 2. The summed E-state index contributed by atoms with van der Waals surface area (Å²) in [7, 11) is 1.63. The lowest BCUT2D eigenvalue weighted by Gasteiger charge is -2.29. The molecule has 2 aliphatic rings. The van der Waals surface area contributed by atoms with E-state index < -0.39 is 0 Å². The van der Waals surface area contributed by atoms with Gasteiger partial charge in [-0.25, -0.2) is 0 Å². The van der Waals surface area contributed by atoms with Crippen molar-refractivity contribution in [2.75, 3.05) is 20.3 Å². The highest BCUT2D eigenvalue weighted by Gasteiger charge is 2.44. The van der Waals surface area contributed by atoms with E-state index in [-0.39, 0.29) is 42.3 Å². The number of ether oxygens (including phenoxy) is 2. The molecule has 2 aliphatic heterocycles. The Morgan fingerprint density at radius 3 is 2.71 bits per heavy atom. The molecule has 2 saturated heterocycles. The molecule has 4 unspecified atom stereocenters. The van der Waals surface area contributed by atoms with Crippen LogP contribution in [0.2, 0.25) is 0 Å². The minimum atomic E-state index is -0.387. The van der Waals surface area contributed by atoms with Crippen LogP contribution in [0.5, 0.6) is 5.75 Å². The summed E-state index contributed by atoms with van der Waals surface area (Å²) in [6.45, 7) is 5.53. The largest absolute Gasteiger partial charge is 0.497 e. The van der Waals surface area contributed by atoms with E-state index in [0.717, 1.165) is 43.6 Å². The Morgan fingerprint density at radius 2 is 2.11 bits per heavy atom. The molecule has 0 aromatic heterocycles. The van der Waals surface area contributed by atoms with Crippen LogP contribution in [0.3, 0.4) is 0 Å². The fraction of sp³-hybridized carbons (Fsp3) is 0.636. The second-order valence-electron chi connectivity index (χ2n) is 7.82. The molecule has 4 atom stereocenters. The summed E-state index contributed by atoms with van der Waals surface area (Å²) in [6, 6.07) is 7.42. The normalized spacial score (nSPS) is 25.8. The Balaban J connectivity index is 1.79. The Morgan fingerprint density at radius 1 is 1.36 bits per heavy atom. The van der Waals surface area contributed by atoms with Gasteiger partial charge in [-0.15, -0.1) is 0 Å². The van der Waals surface area contributed by atoms with Crippen LogP contribution in [0.1, 0.15) is 57.6 Å². The van der Waals surface area contributed by atoms with E-state index in [0.29, 0.717) is 6.54 Å². The van der Waals surface area contributed by atoms with E-state index in [1.807, 2.05) is 36.1 Å². The van der Waals surface area contributed by atoms with Gasteiger partial charge in [-0.3, -0.25) is 9.59 Å². The van der Waals surface area contributed by atoms with Crippen molar-refractivity contribution >= 4 is 11.8 Å². The second-order valence-corrected chi connectivity index (χ2v) is 7.82. The predicted molar refractivity (Wildman–Crippen MR) is 107 cm³/mol. The summed E-state index contributed by atoms with van der Waals surface area (Å²) in [5.41, 5.74) is 0.979. The minimum absolute atomic E-state index is 0.0497. The van der Waals surface area contributed by atoms with Crippen molar-refractivity contribution in [2.24, 2.45) is 5.92 Å². The quantitative estimate of drug-likeness (QED) is 0.743. The van der Waals surface area contributed by atoms with E-state index in [1.165, 1.54) is 0 Å². The topological polar surface area (TPSA) is 67.9 Å². The summed E-state index contributed by atoms with van der Waals surface area (Å²) in [5, 5.41) is 3.12. The molecule has 28 heavy (non-hydrogen) atoms. The third kappa shape index (κ3) is 4.49. The number of hydrogen-bond acceptors (Lipinski definition) is 4. The third-order valence-electron chi connectivity index (χ3n) is 5.87. The summed E-state index contributed by atoms with van der Waals surface area (Å²) in [6.07, 6.45) is 4.26. The number of hydrogen-bond donors (Lipinski definition) is 1. The molecule has 1 N–H and O–H groups in total. The summed E-state index contributed by atoms with van der Waals surface area (Å²) in [4.78, 5) is 27.7. The molecule has 0 spiro atoms. The first-order valence-corrected chi connectivity index (χ1v) is 10.4. The van der Waals surface area contributed by atoms with Crippen molar-refractivity contribution in [3.63, 3.8) is 0 Å². The van der Waals surface area contributed by atoms with E-state index in [2.05, 4.69) is 12.2 Å². The highest BCUT2D eigenvalue weighted by molar-refractivity contribution is 5.90. The van der Waals surface area contributed by atoms with Gasteiger partial charge in [0.25, 0.3) is 0 Å². The monoisotopic (exact) mass is 388 g/mol. The van der Waals surface area contributed by atoms with Gasteiger partial charge >= 0.3 is 0 Å². The van der Waals surface area contributed by atoms with Gasteiger partial charge < -0.3 is 19.7 Å². The number of nitrogens with zero attached hydrogens (tertiary/aromatic N) is 1. The predicted octanol–water partition coefficient (Wildman–Crippen LogP) is 3.07. The van der Waals surface area contributed by atoms with Gasteiger partial charge in [-0.2, -0.15) is 0 Å². The number of nitrogens with one attached hydrogen (secondary N) is 1. The molecule has 2 amide bonds. The van der Waals surface area contributed by atoms with Crippen LogP contribution in [-0.2, 0) is 14.3 Å². The zero-order chi connectivity index (χ0) is 20.1. The first-order chi connectivity index (χ1) is 13.5. The standard InChI is InChI=1S/C22H32N2O4/c1-4-5-12-24-20(25)14-18(21(24)16-8-10-17(27-3)11-9-16)22(26)23-15(2)19-7-6-13-28-19/h8-11,15,18-19,21H,4-7,12-14H2,1-3H3,(H,23,26). The Labute approximate surface area is 167 Å². The van der Waals surface area contributed by atoms with Crippen molar-refractivity contribution < 1.29 is 19.1 Å². The number of carbonyl (C=O) groups is 2. The van der Waals surface area contributed by atoms with Gasteiger partial charge in [0.2, 0.25) is 11.8 Å². The molecule has 0 aliphatic carbocycles. The number of unbranched alkanes of at least 4 members (excludes halogenated alkanes) is 1. The maximum Gasteiger partial charge on any atom is 0.226 e. The summed E-state index contributed by atoms with van der Waals surface area (Å²) in [5.74, 6) is 0.373. The molecule has 0 saturated carbocycles. The smallest absolute Gasteiger partial charge is 0.226 e. The average molecular weight is 389 g/mol. The number of methoxy groups -OCH3 is 1. The molecular formula is C22H32N2O4. The van der Waals surface area contributed by atoms with Crippen LogP contribution in [0, 0.1) is 5.92 Å². The fourth-order valence-electron chi connectivity index (χ4n) is 4.25. The molecule has 0 radical (unpaired) electrons. The molecule has 6 heteroatoms.